The second-order valence-electron chi connectivity index (χ2n) is 7.52. The van der Waals surface area contributed by atoms with E-state index in [2.05, 4.69) is 38.7 Å². The predicted octanol–water partition coefficient (Wildman–Crippen LogP) is 3.30. The lowest BCUT2D eigenvalue weighted by molar-refractivity contribution is 0.648. The van der Waals surface area contributed by atoms with Gasteiger partial charge in [0.1, 0.15) is 5.82 Å². The van der Waals surface area contributed by atoms with Crippen LogP contribution in [-0.2, 0) is 6.42 Å². The van der Waals surface area contributed by atoms with Crippen molar-refractivity contribution in [1.82, 2.24) is 25.4 Å². The second-order valence-corrected chi connectivity index (χ2v) is 7.93. The first-order valence-corrected chi connectivity index (χ1v) is 11.1. The zero-order chi connectivity index (χ0) is 21.5. The van der Waals surface area contributed by atoms with Gasteiger partial charge in [0.05, 0.1) is 16.9 Å². The van der Waals surface area contributed by atoms with E-state index in [0.717, 1.165) is 49.9 Å². The largest absolute Gasteiger partial charge is 0.357 e. The van der Waals surface area contributed by atoms with E-state index in [1.165, 1.54) is 5.56 Å². The Morgan fingerprint density at radius 2 is 2.10 bits per heavy atom. The lowest BCUT2D eigenvalue weighted by atomic mass is 10.2. The van der Waals surface area contributed by atoms with Crippen LogP contribution in [0.15, 0.2) is 66.0 Å². The summed E-state index contributed by atoms with van der Waals surface area (Å²) >= 11 is 6.31. The van der Waals surface area contributed by atoms with Crippen LogP contribution in [0.1, 0.15) is 18.9 Å². The van der Waals surface area contributed by atoms with Crippen LogP contribution in [0.2, 0.25) is 5.02 Å². The predicted molar refractivity (Wildman–Crippen MR) is 126 cm³/mol. The van der Waals surface area contributed by atoms with Gasteiger partial charge in [0, 0.05) is 44.6 Å². The van der Waals surface area contributed by atoms with Crippen molar-refractivity contribution in [3.63, 3.8) is 0 Å². The maximum Gasteiger partial charge on any atom is 0.191 e. The van der Waals surface area contributed by atoms with Crippen molar-refractivity contribution < 1.29 is 0 Å². The maximum absolute atomic E-state index is 6.31. The van der Waals surface area contributed by atoms with E-state index in [1.807, 2.05) is 53.3 Å². The number of nitrogens with one attached hydrogen (secondary N) is 2. The van der Waals surface area contributed by atoms with Gasteiger partial charge in [-0.1, -0.05) is 29.8 Å². The van der Waals surface area contributed by atoms with E-state index in [1.54, 1.807) is 6.20 Å². The summed E-state index contributed by atoms with van der Waals surface area (Å²) in [4.78, 5) is 11.4. The van der Waals surface area contributed by atoms with Crippen molar-refractivity contribution in [3.05, 3.63) is 71.6 Å². The minimum Gasteiger partial charge on any atom is -0.357 e. The molecule has 1 aliphatic rings. The summed E-state index contributed by atoms with van der Waals surface area (Å²) in [7, 11) is 0. The van der Waals surface area contributed by atoms with Crippen molar-refractivity contribution >= 4 is 23.4 Å². The van der Waals surface area contributed by atoms with Gasteiger partial charge < -0.3 is 15.5 Å². The Labute approximate surface area is 188 Å². The number of nitrogens with zero attached hydrogens (tertiary/aromatic N) is 5. The molecule has 0 saturated carbocycles. The van der Waals surface area contributed by atoms with Gasteiger partial charge in [-0.15, -0.1) is 0 Å². The van der Waals surface area contributed by atoms with E-state index in [4.69, 9.17) is 16.6 Å². The number of aromatic nitrogens is 3. The molecule has 3 aromatic rings. The molecule has 3 heterocycles. The van der Waals surface area contributed by atoms with Gasteiger partial charge in [-0.3, -0.25) is 4.99 Å². The van der Waals surface area contributed by atoms with Crippen molar-refractivity contribution in [2.75, 3.05) is 31.1 Å². The topological polar surface area (TPSA) is 70.4 Å². The van der Waals surface area contributed by atoms with Crippen LogP contribution >= 0.6 is 11.6 Å². The summed E-state index contributed by atoms with van der Waals surface area (Å²) in [6.07, 6.45) is 7.61. The Kier molecular flexibility index (Phi) is 7.04. The molecule has 7 nitrogen and oxygen atoms in total. The lowest BCUT2D eigenvalue weighted by Crippen LogP contribution is -2.44. The van der Waals surface area contributed by atoms with Crippen LogP contribution in [0, 0.1) is 0 Å². The lowest BCUT2D eigenvalue weighted by Gasteiger charge is -2.20. The van der Waals surface area contributed by atoms with Crippen molar-refractivity contribution in [2.45, 2.75) is 25.8 Å². The summed E-state index contributed by atoms with van der Waals surface area (Å²) in [6, 6.07) is 14.2. The first kappa shape index (κ1) is 21.2. The van der Waals surface area contributed by atoms with Crippen molar-refractivity contribution in [1.29, 1.82) is 0 Å². The minimum absolute atomic E-state index is 0.303. The Morgan fingerprint density at radius 3 is 2.90 bits per heavy atom. The fourth-order valence-corrected chi connectivity index (χ4v) is 3.94. The average Bonchev–Trinajstić information content (AvgIpc) is 3.45. The quantitative estimate of drug-likeness (QED) is 0.438. The molecule has 0 amide bonds. The fourth-order valence-electron chi connectivity index (χ4n) is 3.70. The van der Waals surface area contributed by atoms with Gasteiger partial charge in [0.25, 0.3) is 0 Å². The molecule has 0 bridgehead atoms. The number of para-hydroxylation sites is 1. The Hall–Kier alpha value is -3.06. The second kappa shape index (κ2) is 10.3. The summed E-state index contributed by atoms with van der Waals surface area (Å²) < 4.78 is 1.90. The zero-order valence-corrected chi connectivity index (χ0v) is 18.5. The number of rotatable bonds is 7. The molecule has 0 radical (unpaired) electrons. The van der Waals surface area contributed by atoms with Crippen LogP contribution in [-0.4, -0.2) is 52.9 Å². The van der Waals surface area contributed by atoms with Gasteiger partial charge in [0.15, 0.2) is 5.96 Å². The molecule has 2 N–H and O–H groups in total. The van der Waals surface area contributed by atoms with E-state index in [0.29, 0.717) is 17.6 Å². The number of guanidine groups is 1. The Balaban J connectivity index is 1.32. The van der Waals surface area contributed by atoms with Gasteiger partial charge in [-0.05, 0) is 49.6 Å². The summed E-state index contributed by atoms with van der Waals surface area (Å²) in [5.74, 6) is 1.70. The number of anilines is 1. The third-order valence-corrected chi connectivity index (χ3v) is 5.53. The SMILES string of the molecule is CCNC(=NCCc1cnn(-c2ccccc2)c1)NC1CCN(c2ncccc2Cl)C1. The fraction of sp³-hybridized carbons (Fsp3) is 0.348. The highest BCUT2D eigenvalue weighted by Gasteiger charge is 2.25. The zero-order valence-electron chi connectivity index (χ0n) is 17.7. The number of benzene rings is 1. The van der Waals surface area contributed by atoms with Crippen molar-refractivity contribution in [2.24, 2.45) is 4.99 Å². The van der Waals surface area contributed by atoms with Gasteiger partial charge in [-0.2, -0.15) is 5.10 Å². The van der Waals surface area contributed by atoms with Gasteiger partial charge >= 0.3 is 0 Å². The molecule has 4 rings (SSSR count). The number of hydrogen-bond acceptors (Lipinski definition) is 4. The number of hydrogen-bond donors (Lipinski definition) is 2. The molecule has 1 atom stereocenters. The number of halogens is 1. The third-order valence-electron chi connectivity index (χ3n) is 5.24. The monoisotopic (exact) mass is 437 g/mol. The summed E-state index contributed by atoms with van der Waals surface area (Å²) in [6.45, 7) is 5.37. The Morgan fingerprint density at radius 1 is 1.23 bits per heavy atom. The first-order valence-electron chi connectivity index (χ1n) is 10.7. The molecule has 1 aromatic carbocycles. The molecule has 0 aliphatic carbocycles. The molecule has 1 saturated heterocycles. The smallest absolute Gasteiger partial charge is 0.191 e. The molecule has 0 spiro atoms. The van der Waals surface area contributed by atoms with Crippen molar-refractivity contribution in [3.8, 4) is 5.69 Å². The highest BCUT2D eigenvalue weighted by molar-refractivity contribution is 6.32. The summed E-state index contributed by atoms with van der Waals surface area (Å²) in [5, 5.41) is 12.1. The van der Waals surface area contributed by atoms with E-state index >= 15 is 0 Å². The van der Waals surface area contributed by atoms with Gasteiger partial charge in [0.2, 0.25) is 0 Å². The molecule has 1 aliphatic heterocycles. The van der Waals surface area contributed by atoms with Crippen LogP contribution in [0.5, 0.6) is 0 Å². The summed E-state index contributed by atoms with van der Waals surface area (Å²) in [5.41, 5.74) is 2.23. The van der Waals surface area contributed by atoms with Gasteiger partial charge in [-0.25, -0.2) is 9.67 Å². The molecule has 162 valence electrons. The van der Waals surface area contributed by atoms with Crippen LogP contribution in [0.4, 0.5) is 5.82 Å². The maximum atomic E-state index is 6.31. The van der Waals surface area contributed by atoms with Crippen LogP contribution in [0.25, 0.3) is 5.69 Å². The third kappa shape index (κ3) is 5.55. The molecule has 1 unspecified atom stereocenters. The molecular formula is C23H28ClN7. The molecular weight excluding hydrogens is 410 g/mol. The highest BCUT2D eigenvalue weighted by atomic mass is 35.5. The number of pyridine rings is 1. The number of aliphatic imine (C=N–C) groups is 1. The van der Waals surface area contributed by atoms with Crippen LogP contribution < -0.4 is 15.5 Å². The normalized spacial score (nSPS) is 16.5. The minimum atomic E-state index is 0.303. The molecule has 1 fully saturated rings. The average molecular weight is 438 g/mol. The van der Waals surface area contributed by atoms with E-state index in [-0.39, 0.29) is 0 Å². The van der Waals surface area contributed by atoms with Crippen LogP contribution in [0.3, 0.4) is 0 Å². The Bertz CT molecular complexity index is 1000. The molecule has 8 heteroatoms. The molecule has 31 heavy (non-hydrogen) atoms. The first-order chi connectivity index (χ1) is 15.2. The highest BCUT2D eigenvalue weighted by Crippen LogP contribution is 2.25. The molecule has 2 aromatic heterocycles. The van der Waals surface area contributed by atoms with E-state index in [9.17, 15) is 0 Å². The standard InChI is InChI=1S/C23H28ClN7/c1-2-25-23(29-19-11-14-30(17-19)22-21(24)9-6-12-26-22)27-13-10-18-15-28-31(16-18)20-7-4-3-5-8-20/h3-9,12,15-16,19H,2,10-11,13-14,17H2,1H3,(H2,25,27,29). The van der Waals surface area contributed by atoms with E-state index < -0.39 is 0 Å².